The fraction of sp³-hybridized carbons (Fsp3) is 0.615. The minimum Gasteiger partial charge on any atom is -0.457 e. The second kappa shape index (κ2) is 11.5. The molecule has 10 heteroatoms. The second-order valence-corrected chi connectivity index (χ2v) is 11.0. The Morgan fingerprint density at radius 2 is 1.64 bits per heavy atom. The van der Waals surface area contributed by atoms with E-state index < -0.39 is 5.54 Å². The zero-order chi connectivity index (χ0) is 25.9. The van der Waals surface area contributed by atoms with Gasteiger partial charge >= 0.3 is 5.97 Å². The first-order chi connectivity index (χ1) is 17.2. The van der Waals surface area contributed by atoms with Crippen LogP contribution in [0.5, 0.6) is 0 Å². The number of carbonyl (C=O) groups excluding carboxylic acids is 3. The lowest BCUT2D eigenvalue weighted by atomic mass is 10.0. The highest BCUT2D eigenvalue weighted by Crippen LogP contribution is 2.34. The Hall–Kier alpha value is -2.17. The van der Waals surface area contributed by atoms with Gasteiger partial charge in [0.25, 0.3) is 11.1 Å². The summed E-state index contributed by atoms with van der Waals surface area (Å²) in [7, 11) is 0. The van der Waals surface area contributed by atoms with Crippen LogP contribution in [0.1, 0.15) is 68.3 Å². The molecule has 4 rings (SSSR count). The minimum absolute atomic E-state index is 0.0442. The molecule has 3 aliphatic heterocycles. The quantitative estimate of drug-likeness (QED) is 0.211. The molecule has 36 heavy (non-hydrogen) atoms. The molecule has 2 amide bonds. The number of piperazine rings is 1. The topological polar surface area (TPSA) is 73.4 Å². The molecule has 3 heterocycles. The molecule has 0 unspecified atom stereocenters. The van der Waals surface area contributed by atoms with Crippen LogP contribution in [0.25, 0.3) is 0 Å². The molecule has 0 N–H and O–H groups in total. The van der Waals surface area contributed by atoms with Gasteiger partial charge in [0.2, 0.25) is 0 Å². The summed E-state index contributed by atoms with van der Waals surface area (Å²) in [5.74, 6) is -0.365. The average Bonchev–Trinajstić information content (AvgIpc) is 3.30. The highest BCUT2D eigenvalue weighted by molar-refractivity contribution is 7.96. The number of thiol groups is 1. The largest absolute Gasteiger partial charge is 0.457 e. The second-order valence-electron chi connectivity index (χ2n) is 10.3. The van der Waals surface area contributed by atoms with Crippen LogP contribution in [0.15, 0.2) is 18.2 Å². The number of hydrogen-bond donors (Lipinski definition) is 1. The van der Waals surface area contributed by atoms with Crippen LogP contribution in [0, 0.1) is 0 Å². The molecule has 196 valence electrons. The Labute approximate surface area is 224 Å². The van der Waals surface area contributed by atoms with Crippen molar-refractivity contribution in [2.75, 3.05) is 44.2 Å². The maximum absolute atomic E-state index is 13.3. The van der Waals surface area contributed by atoms with E-state index >= 15 is 0 Å². The van der Waals surface area contributed by atoms with Gasteiger partial charge in [0, 0.05) is 38.3 Å². The highest BCUT2D eigenvalue weighted by Gasteiger charge is 2.49. The van der Waals surface area contributed by atoms with Crippen LogP contribution in [-0.4, -0.2) is 81.7 Å². The van der Waals surface area contributed by atoms with Crippen LogP contribution in [0.3, 0.4) is 0 Å². The summed E-state index contributed by atoms with van der Waals surface area (Å²) < 4.78 is 5.10. The summed E-state index contributed by atoms with van der Waals surface area (Å²) in [6, 6.07) is 5.33. The third-order valence-electron chi connectivity index (χ3n) is 7.50. The third kappa shape index (κ3) is 5.70. The lowest BCUT2D eigenvalue weighted by Crippen LogP contribution is -2.47. The number of esters is 1. The van der Waals surface area contributed by atoms with E-state index in [2.05, 4.69) is 17.5 Å². The molecule has 0 radical (unpaired) electrons. The predicted molar refractivity (Wildman–Crippen MR) is 147 cm³/mol. The van der Waals surface area contributed by atoms with Gasteiger partial charge in [-0.05, 0) is 63.7 Å². The molecular formula is C26H36N4O4S2. The Balaban J connectivity index is 1.17. The SMILES string of the molecule is CC1(C)C(=O)N(c2ccc3c(c2)COC3=O)C(=S)N1CCCCCCCCN1CCN(C(=O)S)CC1. The lowest BCUT2D eigenvalue weighted by molar-refractivity contribution is -0.123. The van der Waals surface area contributed by atoms with E-state index in [1.807, 2.05) is 24.8 Å². The molecule has 2 fully saturated rings. The standard InChI is InChI=1S/C26H36N4O4S2/c1-26(2)23(32)30(20-9-10-21-19(17-20)18-34-22(21)31)24(35)29(26)12-8-6-4-3-5-7-11-27-13-15-28(16-14-27)25(33)36/h9-10,17H,3-8,11-16,18H2,1-2H3,(H,33,36). The van der Waals surface area contributed by atoms with Crippen LogP contribution in [-0.2, 0) is 16.1 Å². The van der Waals surface area contributed by atoms with Crippen molar-refractivity contribution >= 4 is 52.8 Å². The minimum atomic E-state index is -0.704. The molecular weight excluding hydrogens is 496 g/mol. The molecule has 0 atom stereocenters. The highest BCUT2D eigenvalue weighted by atomic mass is 32.1. The zero-order valence-electron chi connectivity index (χ0n) is 21.2. The Morgan fingerprint density at radius 1 is 1.00 bits per heavy atom. The first kappa shape index (κ1) is 26.9. The normalized spacial score (nSPS) is 19.8. The van der Waals surface area contributed by atoms with Crippen LogP contribution in [0.2, 0.25) is 0 Å². The smallest absolute Gasteiger partial charge is 0.338 e. The monoisotopic (exact) mass is 532 g/mol. The zero-order valence-corrected chi connectivity index (χ0v) is 22.9. The lowest BCUT2D eigenvalue weighted by Gasteiger charge is -2.33. The molecule has 0 aromatic heterocycles. The molecule has 0 aliphatic carbocycles. The van der Waals surface area contributed by atoms with E-state index in [9.17, 15) is 14.4 Å². The molecule has 1 aromatic carbocycles. The van der Waals surface area contributed by atoms with Gasteiger partial charge in [0.15, 0.2) is 5.11 Å². The summed E-state index contributed by atoms with van der Waals surface area (Å²) in [4.78, 5) is 44.2. The van der Waals surface area contributed by atoms with Crippen molar-refractivity contribution in [3.63, 3.8) is 0 Å². The van der Waals surface area contributed by atoms with E-state index in [0.717, 1.165) is 57.7 Å². The number of nitrogens with zero attached hydrogens (tertiary/aromatic N) is 4. The van der Waals surface area contributed by atoms with E-state index in [0.29, 0.717) is 16.4 Å². The summed E-state index contributed by atoms with van der Waals surface area (Å²) >= 11 is 9.65. The van der Waals surface area contributed by atoms with Crippen LogP contribution < -0.4 is 4.90 Å². The number of thiocarbonyl (C=S) groups is 1. The maximum atomic E-state index is 13.3. The third-order valence-corrected chi connectivity index (χ3v) is 8.18. The van der Waals surface area contributed by atoms with Gasteiger partial charge in [0.05, 0.1) is 11.3 Å². The fourth-order valence-corrected chi connectivity index (χ4v) is 5.88. The molecule has 0 bridgehead atoms. The number of amides is 2. The van der Waals surface area contributed by atoms with Crippen molar-refractivity contribution in [2.45, 2.75) is 64.5 Å². The van der Waals surface area contributed by atoms with Crippen molar-refractivity contribution in [3.8, 4) is 0 Å². The first-order valence-electron chi connectivity index (χ1n) is 12.9. The molecule has 2 saturated heterocycles. The molecule has 0 saturated carbocycles. The number of rotatable bonds is 10. The van der Waals surface area contributed by atoms with E-state index in [4.69, 9.17) is 17.0 Å². The number of anilines is 1. The molecule has 3 aliphatic rings. The number of unbranched alkanes of at least 4 members (excludes halogenated alkanes) is 5. The Kier molecular flexibility index (Phi) is 8.57. The average molecular weight is 533 g/mol. The maximum Gasteiger partial charge on any atom is 0.338 e. The van der Waals surface area contributed by atoms with Crippen molar-refractivity contribution in [3.05, 3.63) is 29.3 Å². The molecule has 8 nitrogen and oxygen atoms in total. The summed E-state index contributed by atoms with van der Waals surface area (Å²) in [5, 5.41) is 0.399. The summed E-state index contributed by atoms with van der Waals surface area (Å²) in [6.07, 6.45) is 6.83. The van der Waals surface area contributed by atoms with Gasteiger partial charge in [-0.15, -0.1) is 0 Å². The van der Waals surface area contributed by atoms with E-state index in [1.165, 1.54) is 25.7 Å². The van der Waals surface area contributed by atoms with Gasteiger partial charge in [-0.3, -0.25) is 19.4 Å². The summed E-state index contributed by atoms with van der Waals surface area (Å²) in [5.41, 5.74) is 1.33. The van der Waals surface area contributed by atoms with E-state index in [-0.39, 0.29) is 23.7 Å². The van der Waals surface area contributed by atoms with Gasteiger partial charge < -0.3 is 14.5 Å². The van der Waals surface area contributed by atoms with Gasteiger partial charge in [-0.1, -0.05) is 38.3 Å². The van der Waals surface area contributed by atoms with Gasteiger partial charge in [-0.25, -0.2) is 4.79 Å². The predicted octanol–water partition coefficient (Wildman–Crippen LogP) is 4.08. The van der Waals surface area contributed by atoms with Crippen molar-refractivity contribution in [1.29, 1.82) is 0 Å². The van der Waals surface area contributed by atoms with Crippen LogP contribution >= 0.6 is 24.8 Å². The van der Waals surface area contributed by atoms with E-state index in [1.54, 1.807) is 21.9 Å². The number of benzene rings is 1. The number of fused-ring (bicyclic) bond motifs is 1. The van der Waals surface area contributed by atoms with Gasteiger partial charge in [-0.2, -0.15) is 0 Å². The number of carbonyl (C=O) groups is 3. The number of hydrogen-bond acceptors (Lipinski definition) is 6. The van der Waals surface area contributed by atoms with Crippen molar-refractivity contribution in [2.24, 2.45) is 0 Å². The van der Waals surface area contributed by atoms with Crippen molar-refractivity contribution < 1.29 is 19.1 Å². The Morgan fingerprint density at radius 3 is 2.31 bits per heavy atom. The Bertz CT molecular complexity index is 1020. The summed E-state index contributed by atoms with van der Waals surface area (Å²) in [6.45, 7) is 9.34. The molecule has 0 spiro atoms. The van der Waals surface area contributed by atoms with Crippen molar-refractivity contribution in [1.82, 2.24) is 14.7 Å². The molecule has 1 aromatic rings. The fourth-order valence-electron chi connectivity index (χ4n) is 5.17. The number of ether oxygens (including phenoxy) is 1. The van der Waals surface area contributed by atoms with Crippen LogP contribution in [0.4, 0.5) is 10.5 Å². The number of cyclic esters (lactones) is 1. The van der Waals surface area contributed by atoms with Gasteiger partial charge in [0.1, 0.15) is 12.1 Å². The first-order valence-corrected chi connectivity index (χ1v) is 13.7.